The highest BCUT2D eigenvalue weighted by Crippen LogP contribution is 2.14. The molecule has 0 amide bonds. The summed E-state index contributed by atoms with van der Waals surface area (Å²) in [6.45, 7) is 0. The summed E-state index contributed by atoms with van der Waals surface area (Å²) in [5.41, 5.74) is 0.183. The molecule has 0 aliphatic heterocycles. The van der Waals surface area contributed by atoms with E-state index in [1.165, 1.54) is 6.07 Å². The van der Waals surface area contributed by atoms with Crippen molar-refractivity contribution in [3.05, 3.63) is 34.3 Å². The molecule has 0 bridgehead atoms. The van der Waals surface area contributed by atoms with E-state index in [0.717, 1.165) is 0 Å². The summed E-state index contributed by atoms with van der Waals surface area (Å²) < 4.78 is 0.551. The van der Waals surface area contributed by atoms with Crippen LogP contribution < -0.4 is 29.1 Å². The van der Waals surface area contributed by atoms with Crippen LogP contribution in [0, 0.1) is 0 Å². The van der Waals surface area contributed by atoms with Gasteiger partial charge < -0.3 is 9.90 Å². The lowest BCUT2D eigenvalue weighted by Crippen LogP contribution is -3.00. The number of hydrogen-bond acceptors (Lipinski definition) is 2. The molecule has 1 rings (SSSR count). The predicted octanol–water partition coefficient (Wildman–Crippen LogP) is -2.18. The van der Waals surface area contributed by atoms with Gasteiger partial charge in [0.25, 0.3) is 0 Å². The van der Waals surface area contributed by atoms with Crippen LogP contribution in [0.2, 0.25) is 0 Å². The monoisotopic (exact) mass is 326 g/mol. The summed E-state index contributed by atoms with van der Waals surface area (Å²) in [6, 6.07) is 6.54. The first-order chi connectivity index (χ1) is 4.72. The second kappa shape index (κ2) is 4.71. The lowest BCUT2D eigenvalue weighted by atomic mass is 10.2. The van der Waals surface area contributed by atoms with E-state index >= 15 is 0 Å². The standard InChI is InChI=1S/C7H5BrO2.I/c8-6-4-2-1-3-5(6)7(9)10;/h1-4H,(H,9,10);/q;+1/p-1. The molecule has 11 heavy (non-hydrogen) atoms. The van der Waals surface area contributed by atoms with Crippen LogP contribution in [-0.2, 0) is 0 Å². The molecule has 0 saturated heterocycles. The van der Waals surface area contributed by atoms with Crippen LogP contribution in [0.25, 0.3) is 0 Å². The van der Waals surface area contributed by atoms with Gasteiger partial charge in [-0.05, 0) is 6.07 Å². The van der Waals surface area contributed by atoms with Crippen molar-refractivity contribution in [2.45, 2.75) is 0 Å². The van der Waals surface area contributed by atoms with Gasteiger partial charge in [0, 0.05) is 10.0 Å². The Balaban J connectivity index is 0.000001000. The molecule has 0 aromatic heterocycles. The maximum Gasteiger partial charge on any atom is 1.00 e. The molecule has 2 radical (unpaired) electrons. The molecule has 1 aromatic carbocycles. The maximum atomic E-state index is 10.3. The van der Waals surface area contributed by atoms with E-state index < -0.39 is 5.97 Å². The molecule has 58 valence electrons. The van der Waals surface area contributed by atoms with Crippen molar-refractivity contribution >= 4 is 21.9 Å². The summed E-state index contributed by atoms with van der Waals surface area (Å²) in [4.78, 5) is 10.3. The Morgan fingerprint density at radius 1 is 1.36 bits per heavy atom. The zero-order valence-corrected chi connectivity index (χ0v) is 9.13. The van der Waals surface area contributed by atoms with Crippen LogP contribution in [0.3, 0.4) is 0 Å². The van der Waals surface area contributed by atoms with E-state index in [1.54, 1.807) is 18.2 Å². The Bertz CT molecular complexity index is 262. The average Bonchev–Trinajstić information content (AvgIpc) is 1.88. The first-order valence-corrected chi connectivity index (χ1v) is 3.47. The Hall–Kier alpha value is -0.100. The van der Waals surface area contributed by atoms with Crippen molar-refractivity contribution in [3.8, 4) is 0 Å². The predicted molar refractivity (Wildman–Crippen MR) is 38.5 cm³/mol. The van der Waals surface area contributed by atoms with Gasteiger partial charge >= 0.3 is 24.0 Å². The molecule has 0 unspecified atom stereocenters. The molecule has 0 atom stereocenters. The fraction of sp³-hybridized carbons (Fsp3) is 0. The molecular formula is C7H4BrIO2. The van der Waals surface area contributed by atoms with Gasteiger partial charge in [-0.2, -0.15) is 0 Å². The van der Waals surface area contributed by atoms with Gasteiger partial charge in [0.1, 0.15) is 0 Å². The topological polar surface area (TPSA) is 40.1 Å². The van der Waals surface area contributed by atoms with E-state index in [9.17, 15) is 9.90 Å². The minimum absolute atomic E-state index is 0. The summed E-state index contributed by atoms with van der Waals surface area (Å²) in [7, 11) is 0. The van der Waals surface area contributed by atoms with Crippen molar-refractivity contribution in [2.24, 2.45) is 0 Å². The summed E-state index contributed by atoms with van der Waals surface area (Å²) in [5, 5.41) is 10.3. The summed E-state index contributed by atoms with van der Waals surface area (Å²) in [6.07, 6.45) is 0. The number of carboxylic acid groups (broad SMARTS) is 1. The van der Waals surface area contributed by atoms with Crippen molar-refractivity contribution < 1.29 is 33.9 Å². The minimum atomic E-state index is -1.16. The van der Waals surface area contributed by atoms with Crippen molar-refractivity contribution in [2.75, 3.05) is 0 Å². The number of rotatable bonds is 1. The highest BCUT2D eigenvalue weighted by atomic mass is 127. The first kappa shape index (κ1) is 10.9. The van der Waals surface area contributed by atoms with Gasteiger partial charge in [0.05, 0.1) is 5.97 Å². The zero-order chi connectivity index (χ0) is 7.56. The van der Waals surface area contributed by atoms with Gasteiger partial charge in [-0.15, -0.1) is 0 Å². The first-order valence-electron chi connectivity index (χ1n) is 2.67. The van der Waals surface area contributed by atoms with E-state index in [4.69, 9.17) is 0 Å². The normalized spacial score (nSPS) is 8.45. The Kier molecular flexibility index (Phi) is 4.67. The van der Waals surface area contributed by atoms with Gasteiger partial charge in [0.15, 0.2) is 0 Å². The third-order valence-electron chi connectivity index (χ3n) is 1.09. The van der Waals surface area contributed by atoms with Crippen LogP contribution in [0.4, 0.5) is 0 Å². The van der Waals surface area contributed by atoms with Crippen LogP contribution in [0.1, 0.15) is 10.4 Å². The number of carbonyl (C=O) groups excluding carboxylic acids is 1. The van der Waals surface area contributed by atoms with Gasteiger partial charge in [0.2, 0.25) is 0 Å². The molecule has 0 aliphatic rings. The number of aromatic carboxylic acids is 1. The second-order valence-corrected chi connectivity index (χ2v) is 2.62. The van der Waals surface area contributed by atoms with Crippen LogP contribution >= 0.6 is 15.9 Å². The summed E-state index contributed by atoms with van der Waals surface area (Å²) in [5.74, 6) is -1.16. The SMILES string of the molecule is O=C([O-])c1ccccc1Br.[I+]. The number of carbonyl (C=O) groups is 1. The summed E-state index contributed by atoms with van der Waals surface area (Å²) >= 11 is 3.08. The Morgan fingerprint density at radius 2 is 1.91 bits per heavy atom. The van der Waals surface area contributed by atoms with Gasteiger partial charge in [-0.1, -0.05) is 34.1 Å². The smallest absolute Gasteiger partial charge is 0.545 e. The number of hydrogen-bond donors (Lipinski definition) is 0. The van der Waals surface area contributed by atoms with E-state index in [-0.39, 0.29) is 29.5 Å². The fourth-order valence-electron chi connectivity index (χ4n) is 0.627. The average molecular weight is 327 g/mol. The highest BCUT2D eigenvalue weighted by molar-refractivity contribution is 9.10. The molecular weight excluding hydrogens is 323 g/mol. The van der Waals surface area contributed by atoms with E-state index in [1.807, 2.05) is 0 Å². The van der Waals surface area contributed by atoms with Crippen LogP contribution in [0.5, 0.6) is 0 Å². The van der Waals surface area contributed by atoms with Crippen molar-refractivity contribution in [3.63, 3.8) is 0 Å². The molecule has 4 heteroatoms. The van der Waals surface area contributed by atoms with E-state index in [2.05, 4.69) is 15.9 Å². The molecule has 0 N–H and O–H groups in total. The van der Waals surface area contributed by atoms with Crippen LogP contribution in [-0.4, -0.2) is 5.97 Å². The van der Waals surface area contributed by atoms with Gasteiger partial charge in [-0.25, -0.2) is 0 Å². The maximum absolute atomic E-state index is 10.3. The fourth-order valence-corrected chi connectivity index (χ4v) is 1.07. The minimum Gasteiger partial charge on any atom is -0.545 e. The van der Waals surface area contributed by atoms with Crippen molar-refractivity contribution in [1.82, 2.24) is 0 Å². The molecule has 0 saturated carbocycles. The van der Waals surface area contributed by atoms with Crippen LogP contribution in [0.15, 0.2) is 28.7 Å². The molecule has 0 spiro atoms. The lowest BCUT2D eigenvalue weighted by molar-refractivity contribution is -0.255. The number of benzene rings is 1. The molecule has 2 nitrogen and oxygen atoms in total. The quantitative estimate of drug-likeness (QED) is 0.550. The Labute approximate surface area is 89.8 Å². The lowest BCUT2D eigenvalue weighted by Gasteiger charge is -2.02. The molecule has 0 aliphatic carbocycles. The second-order valence-electron chi connectivity index (χ2n) is 1.77. The number of halogens is 2. The molecule has 0 fully saturated rings. The van der Waals surface area contributed by atoms with Gasteiger partial charge in [-0.3, -0.25) is 0 Å². The third kappa shape index (κ3) is 2.78. The third-order valence-corrected chi connectivity index (χ3v) is 1.79. The zero-order valence-electron chi connectivity index (χ0n) is 5.38. The van der Waals surface area contributed by atoms with E-state index in [0.29, 0.717) is 4.47 Å². The Morgan fingerprint density at radius 3 is 2.27 bits per heavy atom. The molecule has 1 aromatic rings. The highest BCUT2D eigenvalue weighted by Gasteiger charge is 1.96. The largest absolute Gasteiger partial charge is 1.00 e. The number of carboxylic acids is 1. The molecule has 0 heterocycles. The van der Waals surface area contributed by atoms with Crippen molar-refractivity contribution in [1.29, 1.82) is 0 Å².